The molecule has 0 aliphatic heterocycles. The van der Waals surface area contributed by atoms with Gasteiger partial charge in [0.15, 0.2) is 0 Å². The fourth-order valence-corrected chi connectivity index (χ4v) is 2.49. The van der Waals surface area contributed by atoms with E-state index in [1.54, 1.807) is 17.5 Å². The number of aliphatic hydroxyl groups is 1. The first-order valence-corrected chi connectivity index (χ1v) is 6.94. The molecule has 1 atom stereocenters. The molecule has 1 aliphatic carbocycles. The SMILES string of the molecule is Cc1cnc(C(C)NC(=O)NCC2(CO)CC2)s1. The molecule has 1 saturated carbocycles. The first-order valence-electron chi connectivity index (χ1n) is 6.12. The van der Waals surface area contributed by atoms with Crippen LogP contribution in [0.25, 0.3) is 0 Å². The van der Waals surface area contributed by atoms with E-state index >= 15 is 0 Å². The van der Waals surface area contributed by atoms with E-state index in [1.165, 1.54) is 0 Å². The third kappa shape index (κ3) is 3.20. The zero-order valence-electron chi connectivity index (χ0n) is 10.7. The minimum Gasteiger partial charge on any atom is -0.396 e. The maximum absolute atomic E-state index is 11.7. The van der Waals surface area contributed by atoms with Gasteiger partial charge in [0.25, 0.3) is 0 Å². The topological polar surface area (TPSA) is 74.2 Å². The third-order valence-electron chi connectivity index (χ3n) is 3.27. The smallest absolute Gasteiger partial charge is 0.315 e. The summed E-state index contributed by atoms with van der Waals surface area (Å²) in [6, 6.07) is -0.289. The molecule has 3 N–H and O–H groups in total. The predicted molar refractivity (Wildman–Crippen MR) is 70.6 cm³/mol. The van der Waals surface area contributed by atoms with Crippen LogP contribution in [0.4, 0.5) is 4.79 Å². The maximum Gasteiger partial charge on any atom is 0.315 e. The average molecular weight is 269 g/mol. The molecule has 1 aromatic heterocycles. The molecule has 0 aromatic carbocycles. The molecule has 0 radical (unpaired) electrons. The predicted octanol–water partition coefficient (Wildman–Crippen LogP) is 1.58. The number of carbonyl (C=O) groups excluding carboxylic acids is 1. The summed E-state index contributed by atoms with van der Waals surface area (Å²) in [4.78, 5) is 17.1. The zero-order chi connectivity index (χ0) is 13.2. The van der Waals surface area contributed by atoms with E-state index in [-0.39, 0.29) is 24.1 Å². The van der Waals surface area contributed by atoms with Gasteiger partial charge in [-0.1, -0.05) is 0 Å². The van der Waals surface area contributed by atoms with Crippen molar-refractivity contribution in [3.05, 3.63) is 16.1 Å². The first-order chi connectivity index (χ1) is 8.54. The Morgan fingerprint density at radius 1 is 1.67 bits per heavy atom. The van der Waals surface area contributed by atoms with Crippen LogP contribution in [0.15, 0.2) is 6.20 Å². The molecule has 5 nitrogen and oxygen atoms in total. The Kier molecular flexibility index (Phi) is 3.87. The first kappa shape index (κ1) is 13.3. The third-order valence-corrected chi connectivity index (χ3v) is 4.37. The number of hydrogen-bond donors (Lipinski definition) is 3. The lowest BCUT2D eigenvalue weighted by molar-refractivity contribution is 0.202. The fraction of sp³-hybridized carbons (Fsp3) is 0.667. The Labute approximate surface area is 111 Å². The molecule has 1 heterocycles. The van der Waals surface area contributed by atoms with Crippen LogP contribution in [0.5, 0.6) is 0 Å². The summed E-state index contributed by atoms with van der Waals surface area (Å²) in [5, 5.41) is 15.7. The largest absolute Gasteiger partial charge is 0.396 e. The summed E-state index contributed by atoms with van der Waals surface area (Å²) in [5.74, 6) is 0. The molecule has 100 valence electrons. The van der Waals surface area contributed by atoms with Crippen LogP contribution in [0.3, 0.4) is 0 Å². The number of thiazole rings is 1. The Hall–Kier alpha value is -1.14. The summed E-state index contributed by atoms with van der Waals surface area (Å²) < 4.78 is 0. The van der Waals surface area contributed by atoms with E-state index in [0.717, 1.165) is 22.7 Å². The average Bonchev–Trinajstić information content (AvgIpc) is 3.01. The van der Waals surface area contributed by atoms with Crippen molar-refractivity contribution in [1.29, 1.82) is 0 Å². The molecule has 2 amide bonds. The lowest BCUT2D eigenvalue weighted by atomic mass is 10.1. The monoisotopic (exact) mass is 269 g/mol. The Morgan fingerprint density at radius 2 is 2.39 bits per heavy atom. The fourth-order valence-electron chi connectivity index (χ4n) is 1.72. The van der Waals surface area contributed by atoms with Crippen LogP contribution < -0.4 is 10.6 Å². The number of carbonyl (C=O) groups is 1. The second-order valence-corrected chi connectivity index (χ2v) is 6.28. The van der Waals surface area contributed by atoms with Crippen molar-refractivity contribution in [3.8, 4) is 0 Å². The number of hydrogen-bond acceptors (Lipinski definition) is 4. The number of nitrogens with one attached hydrogen (secondary N) is 2. The molecule has 1 fully saturated rings. The molecule has 0 saturated heterocycles. The number of aryl methyl sites for hydroxylation is 1. The molecule has 1 aromatic rings. The highest BCUT2D eigenvalue weighted by Crippen LogP contribution is 2.44. The Bertz CT molecular complexity index is 429. The van der Waals surface area contributed by atoms with Crippen LogP contribution in [0, 0.1) is 12.3 Å². The molecule has 1 aliphatic rings. The molecule has 6 heteroatoms. The van der Waals surface area contributed by atoms with E-state index in [1.807, 2.05) is 13.8 Å². The van der Waals surface area contributed by atoms with Gasteiger partial charge in [0, 0.05) is 23.0 Å². The van der Waals surface area contributed by atoms with Crippen molar-refractivity contribution in [2.24, 2.45) is 5.41 Å². The van der Waals surface area contributed by atoms with Gasteiger partial charge in [-0.05, 0) is 26.7 Å². The Morgan fingerprint density at radius 3 is 2.89 bits per heavy atom. The van der Waals surface area contributed by atoms with E-state index in [0.29, 0.717) is 6.54 Å². The van der Waals surface area contributed by atoms with Crippen LogP contribution in [0.2, 0.25) is 0 Å². The van der Waals surface area contributed by atoms with E-state index in [4.69, 9.17) is 5.11 Å². The molecule has 0 bridgehead atoms. The van der Waals surface area contributed by atoms with Crippen molar-refractivity contribution in [3.63, 3.8) is 0 Å². The van der Waals surface area contributed by atoms with Crippen molar-refractivity contribution >= 4 is 17.4 Å². The minimum absolute atomic E-state index is 0.0572. The quantitative estimate of drug-likeness (QED) is 0.760. The summed E-state index contributed by atoms with van der Waals surface area (Å²) in [6.07, 6.45) is 3.79. The van der Waals surface area contributed by atoms with E-state index in [2.05, 4.69) is 15.6 Å². The highest BCUT2D eigenvalue weighted by Gasteiger charge is 2.42. The van der Waals surface area contributed by atoms with E-state index in [9.17, 15) is 4.79 Å². The number of urea groups is 1. The van der Waals surface area contributed by atoms with Crippen LogP contribution in [0.1, 0.15) is 35.7 Å². The van der Waals surface area contributed by atoms with Gasteiger partial charge < -0.3 is 15.7 Å². The van der Waals surface area contributed by atoms with Gasteiger partial charge in [-0.25, -0.2) is 9.78 Å². The summed E-state index contributed by atoms with van der Waals surface area (Å²) >= 11 is 1.58. The minimum atomic E-state index is -0.199. The van der Waals surface area contributed by atoms with Crippen LogP contribution in [-0.4, -0.2) is 29.3 Å². The summed E-state index contributed by atoms with van der Waals surface area (Å²) in [6.45, 7) is 4.59. The normalized spacial score (nSPS) is 18.2. The Balaban J connectivity index is 1.77. The van der Waals surface area contributed by atoms with Gasteiger partial charge in [-0.2, -0.15) is 0 Å². The second kappa shape index (κ2) is 5.24. The van der Waals surface area contributed by atoms with Crippen molar-refractivity contribution in [2.75, 3.05) is 13.2 Å². The zero-order valence-corrected chi connectivity index (χ0v) is 11.5. The molecule has 1 unspecified atom stereocenters. The number of rotatable bonds is 5. The number of nitrogens with zero attached hydrogens (tertiary/aromatic N) is 1. The molecule has 2 rings (SSSR count). The number of aliphatic hydroxyl groups excluding tert-OH is 1. The molecule has 18 heavy (non-hydrogen) atoms. The lowest BCUT2D eigenvalue weighted by Gasteiger charge is -2.15. The summed E-state index contributed by atoms with van der Waals surface area (Å²) in [5.41, 5.74) is -0.0572. The van der Waals surface area contributed by atoms with Crippen molar-refractivity contribution in [1.82, 2.24) is 15.6 Å². The van der Waals surface area contributed by atoms with Crippen LogP contribution in [-0.2, 0) is 0 Å². The van der Waals surface area contributed by atoms with Gasteiger partial charge in [-0.3, -0.25) is 0 Å². The molecular weight excluding hydrogens is 250 g/mol. The highest BCUT2D eigenvalue weighted by atomic mass is 32.1. The molecule has 0 spiro atoms. The lowest BCUT2D eigenvalue weighted by Crippen LogP contribution is -2.40. The van der Waals surface area contributed by atoms with Gasteiger partial charge in [-0.15, -0.1) is 11.3 Å². The maximum atomic E-state index is 11.7. The standard InChI is InChI=1S/C12H19N3O2S/c1-8-5-13-10(18-8)9(2)15-11(17)14-6-12(7-16)3-4-12/h5,9,16H,3-4,6-7H2,1-2H3,(H2,14,15,17). The second-order valence-electron chi connectivity index (χ2n) is 5.02. The van der Waals surface area contributed by atoms with Crippen LogP contribution >= 0.6 is 11.3 Å². The van der Waals surface area contributed by atoms with Crippen molar-refractivity contribution < 1.29 is 9.90 Å². The number of amides is 2. The van der Waals surface area contributed by atoms with Gasteiger partial charge >= 0.3 is 6.03 Å². The van der Waals surface area contributed by atoms with Crippen molar-refractivity contribution in [2.45, 2.75) is 32.7 Å². The molecular formula is C12H19N3O2S. The summed E-state index contributed by atoms with van der Waals surface area (Å²) in [7, 11) is 0. The number of aromatic nitrogens is 1. The highest BCUT2D eigenvalue weighted by molar-refractivity contribution is 7.11. The van der Waals surface area contributed by atoms with Gasteiger partial charge in [0.05, 0.1) is 12.6 Å². The van der Waals surface area contributed by atoms with E-state index < -0.39 is 0 Å². The van der Waals surface area contributed by atoms with Gasteiger partial charge in [0.1, 0.15) is 5.01 Å². The van der Waals surface area contributed by atoms with Gasteiger partial charge in [0.2, 0.25) is 0 Å².